The summed E-state index contributed by atoms with van der Waals surface area (Å²) < 4.78 is 16.5. The smallest absolute Gasteiger partial charge is 0.337 e. The third-order valence-electron chi connectivity index (χ3n) is 4.97. The van der Waals surface area contributed by atoms with E-state index in [0.29, 0.717) is 16.7 Å². The molecule has 0 spiro atoms. The van der Waals surface area contributed by atoms with E-state index in [1.807, 2.05) is 54.6 Å². The Morgan fingerprint density at radius 2 is 1.83 bits per heavy atom. The van der Waals surface area contributed by atoms with Gasteiger partial charge in [-0.15, -0.1) is 0 Å². The lowest BCUT2D eigenvalue weighted by Crippen LogP contribution is -2.17. The summed E-state index contributed by atoms with van der Waals surface area (Å²) in [5.41, 5.74) is 1.87. The van der Waals surface area contributed by atoms with Gasteiger partial charge in [0, 0.05) is 22.6 Å². The molecule has 0 radical (unpaired) electrons. The minimum absolute atomic E-state index is 0.0338. The number of carbonyl (C=O) groups excluding carboxylic acids is 1. The molecule has 0 aliphatic carbocycles. The van der Waals surface area contributed by atoms with Crippen molar-refractivity contribution in [2.45, 2.75) is 6.61 Å². The van der Waals surface area contributed by atoms with Gasteiger partial charge >= 0.3 is 11.6 Å². The normalized spacial score (nSPS) is 12.9. The third-order valence-corrected chi connectivity index (χ3v) is 4.97. The third kappa shape index (κ3) is 3.17. The van der Waals surface area contributed by atoms with E-state index in [0.717, 1.165) is 27.5 Å². The fraction of sp³-hybridized carbons (Fsp3) is 0.0833. The molecule has 1 aromatic heterocycles. The summed E-state index contributed by atoms with van der Waals surface area (Å²) in [6.07, 6.45) is 1.77. The number of para-hydroxylation sites is 1. The van der Waals surface area contributed by atoms with Crippen LogP contribution in [0, 0.1) is 0 Å². The van der Waals surface area contributed by atoms with Gasteiger partial charge in [-0.05, 0) is 29.0 Å². The number of rotatable bonds is 3. The standard InChI is InChI=1S/C24H16O5/c25-22-12-17(23-19-7-3-1-5-15(19)9-10-21(23)29-22)13-28-24(26)18-11-16-6-2-4-8-20(16)27-14-18/h1-12H,13-14H2. The lowest BCUT2D eigenvalue weighted by Gasteiger charge is -2.17. The molecule has 0 atom stereocenters. The number of fused-ring (bicyclic) bond motifs is 4. The Labute approximate surface area is 165 Å². The summed E-state index contributed by atoms with van der Waals surface area (Å²) in [6, 6.07) is 20.3. The van der Waals surface area contributed by atoms with Gasteiger partial charge in [-0.3, -0.25) is 0 Å². The lowest BCUT2D eigenvalue weighted by molar-refractivity contribution is -0.140. The van der Waals surface area contributed by atoms with Crippen LogP contribution in [0.1, 0.15) is 11.1 Å². The van der Waals surface area contributed by atoms with Gasteiger partial charge in [-0.1, -0.05) is 48.5 Å². The molecule has 4 aromatic rings. The highest BCUT2D eigenvalue weighted by molar-refractivity contribution is 6.07. The SMILES string of the molecule is O=C(OCc1cc(=O)oc2ccc3ccccc3c12)C1=Cc2ccccc2OC1. The summed E-state index contributed by atoms with van der Waals surface area (Å²) >= 11 is 0. The number of esters is 1. The van der Waals surface area contributed by atoms with Gasteiger partial charge in [0.25, 0.3) is 0 Å². The molecule has 0 fully saturated rings. The molecular formula is C24H16O5. The van der Waals surface area contributed by atoms with Gasteiger partial charge in [-0.2, -0.15) is 0 Å². The van der Waals surface area contributed by atoms with Crippen LogP contribution in [0.5, 0.6) is 5.75 Å². The van der Waals surface area contributed by atoms with Crippen molar-refractivity contribution in [3.63, 3.8) is 0 Å². The molecule has 0 bridgehead atoms. The van der Waals surface area contributed by atoms with Crippen molar-refractivity contribution < 1.29 is 18.7 Å². The summed E-state index contributed by atoms with van der Waals surface area (Å²) in [6.45, 7) is 0.115. The zero-order chi connectivity index (χ0) is 19.8. The first-order valence-corrected chi connectivity index (χ1v) is 9.23. The van der Waals surface area contributed by atoms with Crippen LogP contribution >= 0.6 is 0 Å². The Balaban J connectivity index is 1.48. The Hall–Kier alpha value is -3.86. The maximum Gasteiger partial charge on any atom is 0.337 e. The summed E-state index contributed by atoms with van der Waals surface area (Å²) in [5, 5.41) is 2.73. The average Bonchev–Trinajstić information content (AvgIpc) is 2.76. The molecule has 5 nitrogen and oxygen atoms in total. The summed E-state index contributed by atoms with van der Waals surface area (Å²) in [5.74, 6) is 0.267. The van der Waals surface area contributed by atoms with Crippen LogP contribution in [0.15, 0.2) is 81.5 Å². The van der Waals surface area contributed by atoms with E-state index in [-0.39, 0.29) is 13.2 Å². The van der Waals surface area contributed by atoms with Gasteiger partial charge in [0.2, 0.25) is 0 Å². The fourth-order valence-electron chi connectivity index (χ4n) is 3.60. The molecule has 2 heterocycles. The molecule has 5 rings (SSSR count). The number of ether oxygens (including phenoxy) is 2. The first-order chi connectivity index (χ1) is 14.2. The second kappa shape index (κ2) is 6.95. The maximum absolute atomic E-state index is 12.6. The van der Waals surface area contributed by atoms with Crippen molar-refractivity contribution in [3.05, 3.63) is 93.9 Å². The summed E-state index contributed by atoms with van der Waals surface area (Å²) in [7, 11) is 0. The highest BCUT2D eigenvalue weighted by Gasteiger charge is 2.19. The van der Waals surface area contributed by atoms with Crippen molar-refractivity contribution in [1.82, 2.24) is 0 Å². The van der Waals surface area contributed by atoms with E-state index in [4.69, 9.17) is 13.9 Å². The topological polar surface area (TPSA) is 65.7 Å². The molecule has 0 N–H and O–H groups in total. The van der Waals surface area contributed by atoms with Crippen LogP contribution in [-0.2, 0) is 16.1 Å². The average molecular weight is 384 g/mol. The van der Waals surface area contributed by atoms with E-state index < -0.39 is 11.6 Å². The number of benzene rings is 3. The zero-order valence-electron chi connectivity index (χ0n) is 15.4. The molecule has 142 valence electrons. The first kappa shape index (κ1) is 17.3. The molecule has 0 saturated carbocycles. The van der Waals surface area contributed by atoms with Gasteiger partial charge in [-0.25, -0.2) is 9.59 Å². The van der Waals surface area contributed by atoms with Crippen molar-refractivity contribution in [2.24, 2.45) is 0 Å². The van der Waals surface area contributed by atoms with E-state index in [2.05, 4.69) is 0 Å². The van der Waals surface area contributed by atoms with E-state index in [1.54, 1.807) is 12.1 Å². The van der Waals surface area contributed by atoms with Gasteiger partial charge in [0.05, 0.1) is 5.57 Å². The lowest BCUT2D eigenvalue weighted by atomic mass is 10.0. The minimum atomic E-state index is -0.479. The Bertz CT molecular complexity index is 1350. The van der Waals surface area contributed by atoms with E-state index >= 15 is 0 Å². The number of carbonyl (C=O) groups is 1. The first-order valence-electron chi connectivity index (χ1n) is 9.23. The van der Waals surface area contributed by atoms with Gasteiger partial charge in [0.15, 0.2) is 0 Å². The molecule has 0 unspecified atom stereocenters. The predicted octanol–water partition coefficient (Wildman–Crippen LogP) is 4.47. The largest absolute Gasteiger partial charge is 0.488 e. The van der Waals surface area contributed by atoms with Crippen LogP contribution in [0.2, 0.25) is 0 Å². The molecule has 0 saturated heterocycles. The van der Waals surface area contributed by atoms with Crippen molar-refractivity contribution >= 4 is 33.8 Å². The number of hydrogen-bond donors (Lipinski definition) is 0. The Morgan fingerprint density at radius 3 is 2.76 bits per heavy atom. The van der Waals surface area contributed by atoms with Crippen molar-refractivity contribution in [1.29, 1.82) is 0 Å². The Morgan fingerprint density at radius 1 is 1.00 bits per heavy atom. The molecule has 5 heteroatoms. The van der Waals surface area contributed by atoms with Crippen molar-refractivity contribution in [2.75, 3.05) is 6.61 Å². The van der Waals surface area contributed by atoms with Crippen molar-refractivity contribution in [3.8, 4) is 5.75 Å². The van der Waals surface area contributed by atoms with Crippen LogP contribution in [0.25, 0.3) is 27.8 Å². The molecule has 0 amide bonds. The molecule has 3 aromatic carbocycles. The highest BCUT2D eigenvalue weighted by atomic mass is 16.5. The second-order valence-electron chi connectivity index (χ2n) is 6.82. The van der Waals surface area contributed by atoms with Crippen LogP contribution < -0.4 is 10.4 Å². The van der Waals surface area contributed by atoms with Crippen LogP contribution in [0.4, 0.5) is 0 Å². The fourth-order valence-corrected chi connectivity index (χ4v) is 3.60. The summed E-state index contributed by atoms with van der Waals surface area (Å²) in [4.78, 5) is 24.6. The van der Waals surface area contributed by atoms with Gasteiger partial charge in [0.1, 0.15) is 24.5 Å². The highest BCUT2D eigenvalue weighted by Crippen LogP contribution is 2.29. The maximum atomic E-state index is 12.6. The predicted molar refractivity (Wildman–Crippen MR) is 110 cm³/mol. The number of hydrogen-bond acceptors (Lipinski definition) is 5. The molecule has 1 aliphatic heterocycles. The van der Waals surface area contributed by atoms with Gasteiger partial charge < -0.3 is 13.9 Å². The monoisotopic (exact) mass is 384 g/mol. The quantitative estimate of drug-likeness (QED) is 0.296. The molecule has 1 aliphatic rings. The van der Waals surface area contributed by atoms with Crippen LogP contribution in [-0.4, -0.2) is 12.6 Å². The minimum Gasteiger partial charge on any atom is -0.488 e. The van der Waals surface area contributed by atoms with E-state index in [9.17, 15) is 9.59 Å². The Kier molecular flexibility index (Phi) is 4.13. The van der Waals surface area contributed by atoms with Crippen LogP contribution in [0.3, 0.4) is 0 Å². The molecule has 29 heavy (non-hydrogen) atoms. The second-order valence-corrected chi connectivity index (χ2v) is 6.82. The van der Waals surface area contributed by atoms with E-state index in [1.165, 1.54) is 6.07 Å². The zero-order valence-corrected chi connectivity index (χ0v) is 15.4. The molecular weight excluding hydrogens is 368 g/mol.